The van der Waals surface area contributed by atoms with Crippen LogP contribution in [0.5, 0.6) is 0 Å². The third kappa shape index (κ3) is 1.96. The second-order valence-corrected chi connectivity index (χ2v) is 8.92. The molecule has 2 saturated carbocycles. The van der Waals surface area contributed by atoms with Crippen molar-refractivity contribution in [3.63, 3.8) is 0 Å². The number of hydrogen-bond donors (Lipinski definition) is 2. The van der Waals surface area contributed by atoms with Crippen molar-refractivity contribution in [2.75, 3.05) is 6.54 Å². The number of carbonyl (C=O) groups excluding carboxylic acids is 1. The van der Waals surface area contributed by atoms with Crippen LogP contribution in [0.25, 0.3) is 0 Å². The summed E-state index contributed by atoms with van der Waals surface area (Å²) in [5, 5.41) is 15.4. The van der Waals surface area contributed by atoms with E-state index in [1.165, 1.54) is 0 Å². The van der Waals surface area contributed by atoms with Gasteiger partial charge in [-0.25, -0.2) is 0 Å². The summed E-state index contributed by atoms with van der Waals surface area (Å²) in [7, 11) is 0. The minimum Gasteiger partial charge on any atom is -0.485 e. The van der Waals surface area contributed by atoms with Gasteiger partial charge in [0.2, 0.25) is 0 Å². The first kappa shape index (κ1) is 16.8. The number of rotatable bonds is 3. The molecule has 6 atom stereocenters. The predicted octanol–water partition coefficient (Wildman–Crippen LogP) is 2.46. The van der Waals surface area contributed by atoms with E-state index < -0.39 is 17.1 Å². The van der Waals surface area contributed by atoms with Crippen LogP contribution in [0.1, 0.15) is 31.2 Å². The number of allylic oxidation sites excluding steroid dienone is 3. The molecule has 5 heteroatoms. The quantitative estimate of drug-likeness (QED) is 0.845. The Morgan fingerprint density at radius 1 is 1.25 bits per heavy atom. The fourth-order valence-electron chi connectivity index (χ4n) is 6.66. The Bertz CT molecular complexity index is 893. The molecule has 4 fully saturated rings. The zero-order valence-corrected chi connectivity index (χ0v) is 15.8. The van der Waals surface area contributed by atoms with Crippen molar-refractivity contribution in [3.8, 4) is 0 Å². The van der Waals surface area contributed by atoms with Crippen LogP contribution in [0, 0.1) is 17.3 Å². The van der Waals surface area contributed by atoms with Gasteiger partial charge < -0.3 is 19.9 Å². The van der Waals surface area contributed by atoms with Gasteiger partial charge in [-0.1, -0.05) is 36.4 Å². The van der Waals surface area contributed by atoms with E-state index in [0.717, 1.165) is 36.5 Å². The summed E-state index contributed by atoms with van der Waals surface area (Å²) in [4.78, 5) is 12.9. The number of carbonyl (C=O) groups is 1. The van der Waals surface area contributed by atoms with Gasteiger partial charge in [-0.05, 0) is 43.4 Å². The number of piperidine rings is 1. The van der Waals surface area contributed by atoms with E-state index in [0.29, 0.717) is 19.4 Å². The Morgan fingerprint density at radius 3 is 2.96 bits per heavy atom. The summed E-state index contributed by atoms with van der Waals surface area (Å²) >= 11 is 0. The van der Waals surface area contributed by atoms with E-state index in [2.05, 4.69) is 11.4 Å². The first-order valence-corrected chi connectivity index (χ1v) is 10.4. The van der Waals surface area contributed by atoms with Crippen molar-refractivity contribution in [2.24, 2.45) is 17.3 Å². The van der Waals surface area contributed by atoms with Crippen molar-refractivity contribution < 1.29 is 19.4 Å². The van der Waals surface area contributed by atoms with E-state index >= 15 is 0 Å². The Morgan fingerprint density at radius 2 is 2.11 bits per heavy atom. The molecule has 0 radical (unpaired) electrons. The summed E-state index contributed by atoms with van der Waals surface area (Å²) in [5.41, 5.74) is -0.316. The molecule has 1 aromatic carbocycles. The summed E-state index contributed by atoms with van der Waals surface area (Å²) in [6, 6.07) is 10.1. The lowest BCUT2D eigenvalue weighted by molar-refractivity contribution is -0.216. The molecular formula is C23H25NO4. The molecular weight excluding hydrogens is 354 g/mol. The molecule has 2 unspecified atom stereocenters. The summed E-state index contributed by atoms with van der Waals surface area (Å²) in [6.07, 6.45) is 6.23. The molecule has 1 aromatic rings. The molecule has 3 aliphatic carbocycles. The second kappa shape index (κ2) is 5.71. The number of benzene rings is 1. The van der Waals surface area contributed by atoms with Crippen LogP contribution in [0.2, 0.25) is 0 Å². The molecule has 2 bridgehead atoms. The molecule has 5 nitrogen and oxygen atoms in total. The van der Waals surface area contributed by atoms with Gasteiger partial charge in [0.05, 0.1) is 11.0 Å². The minimum absolute atomic E-state index is 0.0255. The van der Waals surface area contributed by atoms with E-state index in [-0.39, 0.29) is 23.7 Å². The largest absolute Gasteiger partial charge is 0.485 e. The Balaban J connectivity index is 1.42. The highest BCUT2D eigenvalue weighted by Gasteiger charge is 2.76. The van der Waals surface area contributed by atoms with Crippen molar-refractivity contribution >= 4 is 5.78 Å². The maximum absolute atomic E-state index is 12.9. The maximum Gasteiger partial charge on any atom is 0.174 e. The SMILES string of the molecule is O=C1CC[C@@]2(O)[C@H]3CC4C=CC(OCc5ccccc5)=C5O[C@@H]1[C@]2(CCN3)C54. The average Bonchev–Trinajstić information content (AvgIpc) is 3.05. The van der Waals surface area contributed by atoms with Gasteiger partial charge in [0.15, 0.2) is 17.6 Å². The Kier molecular flexibility index (Phi) is 3.43. The number of hydrogen-bond acceptors (Lipinski definition) is 5. The lowest BCUT2D eigenvalue weighted by Gasteiger charge is -2.63. The van der Waals surface area contributed by atoms with Gasteiger partial charge in [-0.15, -0.1) is 0 Å². The monoisotopic (exact) mass is 379 g/mol. The van der Waals surface area contributed by atoms with Gasteiger partial charge >= 0.3 is 0 Å². The molecule has 2 saturated heterocycles. The van der Waals surface area contributed by atoms with Crippen LogP contribution in [0.4, 0.5) is 0 Å². The average molecular weight is 379 g/mol. The third-order valence-corrected chi connectivity index (χ3v) is 7.82. The second-order valence-electron chi connectivity index (χ2n) is 8.92. The molecule has 146 valence electrons. The molecule has 6 rings (SSSR count). The number of Topliss-reactive ketones (excluding diaryl/α,β-unsaturated/α-hetero) is 1. The first-order valence-electron chi connectivity index (χ1n) is 10.4. The lowest BCUT2D eigenvalue weighted by Crippen LogP contribution is -2.76. The zero-order valence-electron chi connectivity index (χ0n) is 15.8. The van der Waals surface area contributed by atoms with E-state index in [1.807, 2.05) is 36.4 Å². The highest BCUT2D eigenvalue weighted by Crippen LogP contribution is 2.68. The molecule has 0 amide bonds. The summed E-state index contributed by atoms with van der Waals surface area (Å²) < 4.78 is 12.5. The standard InChI is InChI=1S/C23H25NO4/c25-16-8-9-23(26)18-12-15-6-7-17(27-13-14-4-2-1-3-5-14)20-19(15)22(23,10-11-24-18)21(16)28-20/h1-7,15,18-19,21,24,26H,8-13H2/t15?,18-,19?,21+,22+,23-/m1/s1. The lowest BCUT2D eigenvalue weighted by atomic mass is 9.44. The van der Waals surface area contributed by atoms with Gasteiger partial charge in [-0.2, -0.15) is 0 Å². The van der Waals surface area contributed by atoms with Gasteiger partial charge in [-0.3, -0.25) is 4.79 Å². The molecule has 2 N–H and O–H groups in total. The van der Waals surface area contributed by atoms with Crippen molar-refractivity contribution in [1.82, 2.24) is 5.32 Å². The highest BCUT2D eigenvalue weighted by atomic mass is 16.5. The fourth-order valence-corrected chi connectivity index (χ4v) is 6.66. The number of ether oxygens (including phenoxy) is 2. The van der Waals surface area contributed by atoms with Gasteiger partial charge in [0.25, 0.3) is 0 Å². The van der Waals surface area contributed by atoms with Crippen molar-refractivity contribution in [1.29, 1.82) is 0 Å². The Labute approximate surface area is 164 Å². The third-order valence-electron chi connectivity index (χ3n) is 7.82. The van der Waals surface area contributed by atoms with E-state index in [1.54, 1.807) is 0 Å². The molecule has 0 aromatic heterocycles. The van der Waals surface area contributed by atoms with Gasteiger partial charge in [0, 0.05) is 18.4 Å². The molecule has 2 aliphatic heterocycles. The maximum atomic E-state index is 12.9. The number of nitrogens with one attached hydrogen (secondary N) is 1. The fraction of sp³-hybridized carbons (Fsp3) is 0.522. The highest BCUT2D eigenvalue weighted by molar-refractivity contribution is 5.87. The number of ketones is 1. The van der Waals surface area contributed by atoms with E-state index in [4.69, 9.17) is 9.47 Å². The van der Waals surface area contributed by atoms with E-state index in [9.17, 15) is 9.90 Å². The predicted molar refractivity (Wildman–Crippen MR) is 102 cm³/mol. The molecule has 1 spiro atoms. The van der Waals surface area contributed by atoms with Gasteiger partial charge in [0.1, 0.15) is 12.4 Å². The van der Waals surface area contributed by atoms with Crippen LogP contribution in [0.15, 0.2) is 54.0 Å². The zero-order chi connectivity index (χ0) is 18.9. The Hall–Kier alpha value is -2.11. The first-order chi connectivity index (χ1) is 13.6. The van der Waals surface area contributed by atoms with Crippen LogP contribution in [0.3, 0.4) is 0 Å². The topological polar surface area (TPSA) is 67.8 Å². The molecule has 2 heterocycles. The normalized spacial score (nSPS) is 42.8. The van der Waals surface area contributed by atoms with Crippen LogP contribution < -0.4 is 5.32 Å². The number of aliphatic hydroxyl groups is 1. The van der Waals surface area contributed by atoms with Crippen LogP contribution in [-0.4, -0.2) is 35.2 Å². The van der Waals surface area contributed by atoms with Crippen molar-refractivity contribution in [3.05, 3.63) is 59.6 Å². The van der Waals surface area contributed by atoms with Crippen LogP contribution >= 0.6 is 0 Å². The minimum atomic E-state index is -0.886. The summed E-state index contributed by atoms with van der Waals surface area (Å²) in [6.45, 7) is 1.28. The smallest absolute Gasteiger partial charge is 0.174 e. The van der Waals surface area contributed by atoms with Crippen LogP contribution in [-0.2, 0) is 20.9 Å². The van der Waals surface area contributed by atoms with Crippen molar-refractivity contribution in [2.45, 2.75) is 50.0 Å². The molecule has 5 aliphatic rings. The summed E-state index contributed by atoms with van der Waals surface area (Å²) in [5.74, 6) is 1.95. The molecule has 28 heavy (non-hydrogen) atoms.